The second-order valence-corrected chi connectivity index (χ2v) is 3.82. The summed E-state index contributed by atoms with van der Waals surface area (Å²) in [4.78, 5) is 3.28. The molecule has 17 heavy (non-hydrogen) atoms. The number of pyridine rings is 1. The van der Waals surface area contributed by atoms with E-state index in [1.165, 1.54) is 0 Å². The van der Waals surface area contributed by atoms with Crippen molar-refractivity contribution in [2.24, 2.45) is 0 Å². The van der Waals surface area contributed by atoms with E-state index in [4.69, 9.17) is 11.6 Å². The van der Waals surface area contributed by atoms with Gasteiger partial charge >= 0.3 is 6.36 Å². The number of halogens is 7. The summed E-state index contributed by atoms with van der Waals surface area (Å²) in [5.41, 5.74) is -0.898. The van der Waals surface area contributed by atoms with Crippen LogP contribution < -0.4 is 4.74 Å². The molecule has 0 aliphatic rings. The SMILES string of the molecule is FC(F)c1nc(Br)c(OC(F)(F)F)cc1CCl. The van der Waals surface area contributed by atoms with Gasteiger partial charge in [-0.25, -0.2) is 13.8 Å². The van der Waals surface area contributed by atoms with E-state index < -0.39 is 34.7 Å². The summed E-state index contributed by atoms with van der Waals surface area (Å²) in [7, 11) is 0. The fourth-order valence-electron chi connectivity index (χ4n) is 1.02. The van der Waals surface area contributed by atoms with E-state index in [1.54, 1.807) is 0 Å². The Labute approximate surface area is 106 Å². The Morgan fingerprint density at radius 3 is 2.41 bits per heavy atom. The molecule has 0 saturated carbocycles. The van der Waals surface area contributed by atoms with Crippen LogP contribution in [0.2, 0.25) is 0 Å². The highest BCUT2D eigenvalue weighted by Gasteiger charge is 2.33. The first-order chi connectivity index (χ1) is 7.74. The van der Waals surface area contributed by atoms with Gasteiger partial charge in [-0.05, 0) is 27.6 Å². The highest BCUT2D eigenvalue weighted by atomic mass is 79.9. The van der Waals surface area contributed by atoms with E-state index in [0.717, 1.165) is 6.07 Å². The fraction of sp³-hybridized carbons (Fsp3) is 0.375. The molecule has 2 nitrogen and oxygen atoms in total. The molecule has 0 N–H and O–H groups in total. The van der Waals surface area contributed by atoms with Crippen molar-refractivity contribution in [3.8, 4) is 5.75 Å². The summed E-state index contributed by atoms with van der Waals surface area (Å²) in [5.74, 6) is -1.11. The molecular weight excluding hydrogens is 336 g/mol. The van der Waals surface area contributed by atoms with Crippen molar-refractivity contribution >= 4 is 27.5 Å². The molecule has 0 radical (unpaired) electrons. The molecule has 0 saturated heterocycles. The molecule has 1 aromatic rings. The number of hydrogen-bond acceptors (Lipinski definition) is 2. The Hall–Kier alpha value is -0.630. The van der Waals surface area contributed by atoms with Crippen molar-refractivity contribution in [2.45, 2.75) is 18.7 Å². The third-order valence-corrected chi connectivity index (χ3v) is 2.49. The first-order valence-corrected chi connectivity index (χ1v) is 5.36. The average molecular weight is 340 g/mol. The molecule has 0 aliphatic heterocycles. The van der Waals surface area contributed by atoms with Gasteiger partial charge in [0.2, 0.25) is 0 Å². The van der Waals surface area contributed by atoms with Gasteiger partial charge in [-0.15, -0.1) is 24.8 Å². The quantitative estimate of drug-likeness (QED) is 0.462. The lowest BCUT2D eigenvalue weighted by molar-refractivity contribution is -0.275. The Bertz CT molecular complexity index is 412. The summed E-state index contributed by atoms with van der Waals surface area (Å²) in [6, 6.07) is 0.777. The maximum absolute atomic E-state index is 12.5. The molecule has 0 amide bonds. The van der Waals surface area contributed by atoms with E-state index in [0.29, 0.717) is 0 Å². The minimum atomic E-state index is -4.93. The van der Waals surface area contributed by atoms with Crippen molar-refractivity contribution in [1.29, 1.82) is 0 Å². The lowest BCUT2D eigenvalue weighted by Gasteiger charge is -2.13. The molecule has 0 unspecified atom stereocenters. The van der Waals surface area contributed by atoms with Gasteiger partial charge in [0.1, 0.15) is 10.3 Å². The van der Waals surface area contributed by atoms with Crippen molar-refractivity contribution < 1.29 is 26.7 Å². The van der Waals surface area contributed by atoms with Crippen LogP contribution in [0, 0.1) is 0 Å². The second-order valence-electron chi connectivity index (χ2n) is 2.80. The van der Waals surface area contributed by atoms with Crippen LogP contribution in [-0.4, -0.2) is 11.3 Å². The van der Waals surface area contributed by atoms with E-state index >= 15 is 0 Å². The number of rotatable bonds is 3. The molecule has 0 aliphatic carbocycles. The Kier molecular flexibility index (Phi) is 4.54. The third kappa shape index (κ3) is 3.95. The van der Waals surface area contributed by atoms with Gasteiger partial charge in [0.05, 0.1) is 0 Å². The summed E-state index contributed by atoms with van der Waals surface area (Å²) >= 11 is 7.97. The number of aromatic nitrogens is 1. The van der Waals surface area contributed by atoms with Crippen molar-refractivity contribution in [3.05, 3.63) is 21.9 Å². The predicted molar refractivity (Wildman–Crippen MR) is 53.1 cm³/mol. The number of ether oxygens (including phenoxy) is 1. The predicted octanol–water partition coefficient (Wildman–Crippen LogP) is 4.42. The van der Waals surface area contributed by atoms with Gasteiger partial charge < -0.3 is 4.74 Å². The van der Waals surface area contributed by atoms with E-state index in [9.17, 15) is 22.0 Å². The second kappa shape index (κ2) is 5.34. The van der Waals surface area contributed by atoms with Gasteiger partial charge in [-0.1, -0.05) is 0 Å². The standard InChI is InChI=1S/C8H4BrClF5NO/c9-6-4(17-8(13,14)15)1-3(2-10)5(16-6)7(11)12/h1,7H,2H2. The normalized spacial score (nSPS) is 12.0. The van der Waals surface area contributed by atoms with Crippen molar-refractivity contribution in [3.63, 3.8) is 0 Å². The highest BCUT2D eigenvalue weighted by Crippen LogP contribution is 2.34. The zero-order valence-electron chi connectivity index (χ0n) is 7.86. The first kappa shape index (κ1) is 14.4. The van der Waals surface area contributed by atoms with Gasteiger partial charge in [-0.3, -0.25) is 0 Å². The van der Waals surface area contributed by atoms with Crippen LogP contribution >= 0.6 is 27.5 Å². The van der Waals surface area contributed by atoms with Crippen LogP contribution in [0.3, 0.4) is 0 Å². The van der Waals surface area contributed by atoms with Gasteiger partial charge in [-0.2, -0.15) is 0 Å². The smallest absolute Gasteiger partial charge is 0.403 e. The molecule has 0 aromatic carbocycles. The molecule has 0 fully saturated rings. The Balaban J connectivity index is 3.18. The molecular formula is C8H4BrClF5NO. The minimum Gasteiger partial charge on any atom is -0.403 e. The van der Waals surface area contributed by atoms with Crippen LogP contribution in [0.15, 0.2) is 10.7 Å². The number of hydrogen-bond donors (Lipinski definition) is 0. The Morgan fingerprint density at radius 2 is 2.00 bits per heavy atom. The molecule has 0 bridgehead atoms. The molecule has 1 rings (SSSR count). The third-order valence-electron chi connectivity index (χ3n) is 1.63. The lowest BCUT2D eigenvalue weighted by atomic mass is 10.2. The fourth-order valence-corrected chi connectivity index (χ4v) is 1.62. The maximum atomic E-state index is 12.5. The number of nitrogens with zero attached hydrogens (tertiary/aromatic N) is 1. The summed E-state index contributed by atoms with van der Waals surface area (Å²) in [5, 5.41) is 0. The van der Waals surface area contributed by atoms with Gasteiger partial charge in [0, 0.05) is 5.88 Å². The monoisotopic (exact) mass is 339 g/mol. The first-order valence-electron chi connectivity index (χ1n) is 4.03. The van der Waals surface area contributed by atoms with E-state index in [2.05, 4.69) is 25.7 Å². The number of alkyl halides is 6. The largest absolute Gasteiger partial charge is 0.573 e. The topological polar surface area (TPSA) is 22.1 Å². The van der Waals surface area contributed by atoms with Gasteiger partial charge in [0.25, 0.3) is 6.43 Å². The van der Waals surface area contributed by atoms with Crippen molar-refractivity contribution in [1.82, 2.24) is 4.98 Å². The molecule has 1 heterocycles. The summed E-state index contributed by atoms with van der Waals surface area (Å²) in [6.45, 7) is 0. The zero-order chi connectivity index (χ0) is 13.2. The van der Waals surface area contributed by atoms with E-state index in [1.807, 2.05) is 0 Å². The summed E-state index contributed by atoms with van der Waals surface area (Å²) in [6.07, 6.45) is -7.86. The molecule has 9 heteroatoms. The van der Waals surface area contributed by atoms with Crippen LogP contribution in [-0.2, 0) is 5.88 Å². The highest BCUT2D eigenvalue weighted by molar-refractivity contribution is 9.10. The van der Waals surface area contributed by atoms with Crippen LogP contribution in [0.1, 0.15) is 17.7 Å². The molecule has 0 spiro atoms. The summed E-state index contributed by atoms with van der Waals surface area (Å²) < 4.78 is 63.9. The molecule has 96 valence electrons. The molecule has 1 aromatic heterocycles. The minimum absolute atomic E-state index is 0.218. The van der Waals surface area contributed by atoms with E-state index in [-0.39, 0.29) is 5.56 Å². The van der Waals surface area contributed by atoms with Crippen LogP contribution in [0.4, 0.5) is 22.0 Å². The molecule has 0 atom stereocenters. The average Bonchev–Trinajstić information content (AvgIpc) is 2.18. The Morgan fingerprint density at radius 1 is 1.41 bits per heavy atom. The van der Waals surface area contributed by atoms with Gasteiger partial charge in [0.15, 0.2) is 5.75 Å². The van der Waals surface area contributed by atoms with Crippen LogP contribution in [0.5, 0.6) is 5.75 Å². The van der Waals surface area contributed by atoms with Crippen LogP contribution in [0.25, 0.3) is 0 Å². The lowest BCUT2D eigenvalue weighted by Crippen LogP contribution is -2.18. The zero-order valence-corrected chi connectivity index (χ0v) is 10.2. The maximum Gasteiger partial charge on any atom is 0.573 e. The van der Waals surface area contributed by atoms with Crippen molar-refractivity contribution in [2.75, 3.05) is 0 Å².